The Balaban J connectivity index is 2.12. The van der Waals surface area contributed by atoms with Crippen LogP contribution < -0.4 is 10.6 Å². The van der Waals surface area contributed by atoms with E-state index in [4.69, 9.17) is 0 Å². The predicted molar refractivity (Wildman–Crippen MR) is 49.2 cm³/mol. The fourth-order valence-electron chi connectivity index (χ4n) is 1.62. The van der Waals surface area contributed by atoms with Crippen LogP contribution in [0.15, 0.2) is 0 Å². The van der Waals surface area contributed by atoms with Gasteiger partial charge in [-0.2, -0.15) is 0 Å². The summed E-state index contributed by atoms with van der Waals surface area (Å²) in [6.45, 7) is 1.29. The molecule has 0 aliphatic carbocycles. The number of alkyl halides is 2. The molecule has 1 heterocycles. The number of hydrogen-bond acceptors (Lipinski definition) is 2. The van der Waals surface area contributed by atoms with Gasteiger partial charge in [0.15, 0.2) is 0 Å². The Morgan fingerprint density at radius 2 is 2.36 bits per heavy atom. The monoisotopic (exact) mass is 206 g/mol. The van der Waals surface area contributed by atoms with Crippen molar-refractivity contribution < 1.29 is 13.6 Å². The lowest BCUT2D eigenvalue weighted by Crippen LogP contribution is -2.35. The maximum Gasteiger partial charge on any atom is 0.255 e. The van der Waals surface area contributed by atoms with Crippen molar-refractivity contribution in [3.05, 3.63) is 0 Å². The highest BCUT2D eigenvalue weighted by atomic mass is 19.3. The van der Waals surface area contributed by atoms with Gasteiger partial charge in [-0.1, -0.05) is 0 Å². The predicted octanol–water partition coefficient (Wildman–Crippen LogP) is 0.757. The van der Waals surface area contributed by atoms with Gasteiger partial charge in [-0.15, -0.1) is 0 Å². The van der Waals surface area contributed by atoms with Crippen LogP contribution in [0.1, 0.15) is 19.3 Å². The van der Waals surface area contributed by atoms with Gasteiger partial charge in [-0.3, -0.25) is 4.79 Å². The first-order chi connectivity index (χ1) is 6.68. The molecule has 0 bridgehead atoms. The number of amides is 1. The largest absolute Gasteiger partial charge is 0.350 e. The molecule has 2 N–H and O–H groups in total. The van der Waals surface area contributed by atoms with Gasteiger partial charge in [0.05, 0.1) is 6.54 Å². The van der Waals surface area contributed by atoms with E-state index in [0.717, 1.165) is 25.9 Å². The zero-order valence-electron chi connectivity index (χ0n) is 8.06. The molecule has 0 aromatic heterocycles. The number of nitrogens with one attached hydrogen (secondary N) is 2. The number of piperidine rings is 1. The average Bonchev–Trinajstić information content (AvgIpc) is 2.16. The van der Waals surface area contributed by atoms with E-state index in [9.17, 15) is 13.6 Å². The van der Waals surface area contributed by atoms with Crippen LogP contribution in [-0.4, -0.2) is 32.0 Å². The fraction of sp³-hybridized carbons (Fsp3) is 0.889. The highest BCUT2D eigenvalue weighted by molar-refractivity contribution is 5.76. The smallest absolute Gasteiger partial charge is 0.255 e. The molecule has 82 valence electrons. The summed E-state index contributed by atoms with van der Waals surface area (Å²) in [5, 5.41) is 5.39. The molecule has 1 unspecified atom stereocenters. The maximum atomic E-state index is 11.7. The summed E-state index contributed by atoms with van der Waals surface area (Å²) in [6, 6.07) is 0. The molecule has 1 fully saturated rings. The molecule has 1 amide bonds. The lowest BCUT2D eigenvalue weighted by Gasteiger charge is -2.21. The minimum absolute atomic E-state index is 0.265. The van der Waals surface area contributed by atoms with Crippen molar-refractivity contribution >= 4 is 5.91 Å². The lowest BCUT2D eigenvalue weighted by molar-refractivity contribution is -0.122. The maximum absolute atomic E-state index is 11.7. The molecular weight excluding hydrogens is 190 g/mol. The molecule has 0 aromatic carbocycles. The van der Waals surface area contributed by atoms with Crippen LogP contribution in [-0.2, 0) is 4.79 Å². The van der Waals surface area contributed by atoms with Crippen molar-refractivity contribution in [3.63, 3.8) is 0 Å². The van der Waals surface area contributed by atoms with E-state index >= 15 is 0 Å². The summed E-state index contributed by atoms with van der Waals surface area (Å²) in [7, 11) is 0. The molecule has 3 nitrogen and oxygen atoms in total. The molecule has 1 rings (SSSR count). The second-order valence-corrected chi connectivity index (χ2v) is 3.61. The molecular formula is C9H16F2N2O. The third-order valence-electron chi connectivity index (χ3n) is 2.33. The second kappa shape index (κ2) is 5.90. The van der Waals surface area contributed by atoms with Crippen LogP contribution in [0.4, 0.5) is 8.78 Å². The Morgan fingerprint density at radius 1 is 1.57 bits per heavy atom. The first-order valence-electron chi connectivity index (χ1n) is 4.94. The minimum atomic E-state index is -2.46. The molecule has 0 saturated carbocycles. The Morgan fingerprint density at radius 3 is 2.93 bits per heavy atom. The van der Waals surface area contributed by atoms with Crippen LogP contribution in [0.5, 0.6) is 0 Å². The highest BCUT2D eigenvalue weighted by Gasteiger charge is 2.16. The van der Waals surface area contributed by atoms with Gasteiger partial charge in [0.1, 0.15) is 0 Å². The quantitative estimate of drug-likeness (QED) is 0.713. The van der Waals surface area contributed by atoms with E-state index in [1.54, 1.807) is 0 Å². The van der Waals surface area contributed by atoms with E-state index in [0.29, 0.717) is 12.3 Å². The molecule has 1 aliphatic rings. The second-order valence-electron chi connectivity index (χ2n) is 3.61. The van der Waals surface area contributed by atoms with Gasteiger partial charge in [0, 0.05) is 6.42 Å². The Bertz CT molecular complexity index is 182. The zero-order valence-corrected chi connectivity index (χ0v) is 8.06. The van der Waals surface area contributed by atoms with Crippen molar-refractivity contribution in [2.75, 3.05) is 19.6 Å². The Kier molecular flexibility index (Phi) is 4.79. The van der Waals surface area contributed by atoms with E-state index in [1.807, 2.05) is 0 Å². The van der Waals surface area contributed by atoms with Gasteiger partial charge >= 0.3 is 0 Å². The van der Waals surface area contributed by atoms with Gasteiger partial charge in [0.25, 0.3) is 6.43 Å². The van der Waals surface area contributed by atoms with E-state index < -0.39 is 13.0 Å². The van der Waals surface area contributed by atoms with Gasteiger partial charge < -0.3 is 10.6 Å². The van der Waals surface area contributed by atoms with E-state index in [1.165, 1.54) is 0 Å². The summed E-state index contributed by atoms with van der Waals surface area (Å²) >= 11 is 0. The summed E-state index contributed by atoms with van der Waals surface area (Å²) in [4.78, 5) is 11.1. The van der Waals surface area contributed by atoms with Gasteiger partial charge in [0.2, 0.25) is 5.91 Å². The first kappa shape index (κ1) is 11.4. The highest BCUT2D eigenvalue weighted by Crippen LogP contribution is 2.13. The van der Waals surface area contributed by atoms with Crippen molar-refractivity contribution in [2.24, 2.45) is 5.92 Å². The third-order valence-corrected chi connectivity index (χ3v) is 2.33. The standard InChI is InChI=1S/C9H16F2N2O/c10-8(11)6-13-9(14)4-7-2-1-3-12-5-7/h7-8,12H,1-6H2,(H,13,14). The summed E-state index contributed by atoms with van der Waals surface area (Å²) < 4.78 is 23.5. The summed E-state index contributed by atoms with van der Waals surface area (Å²) in [5.41, 5.74) is 0. The normalized spacial score (nSPS) is 22.4. The van der Waals surface area contributed by atoms with Crippen LogP contribution in [0, 0.1) is 5.92 Å². The molecule has 5 heteroatoms. The Labute approximate surface area is 82.2 Å². The average molecular weight is 206 g/mol. The van der Waals surface area contributed by atoms with Crippen LogP contribution in [0.3, 0.4) is 0 Å². The number of rotatable bonds is 4. The SMILES string of the molecule is O=C(CC1CCCNC1)NCC(F)F. The molecule has 1 atom stereocenters. The number of halogens is 2. The van der Waals surface area contributed by atoms with Crippen LogP contribution in [0.25, 0.3) is 0 Å². The van der Waals surface area contributed by atoms with Crippen molar-refractivity contribution in [2.45, 2.75) is 25.7 Å². The molecule has 1 saturated heterocycles. The third kappa shape index (κ3) is 4.50. The summed E-state index contributed by atoms with van der Waals surface area (Å²) in [6.07, 6.45) is -0.0230. The lowest BCUT2D eigenvalue weighted by atomic mass is 9.96. The summed E-state index contributed by atoms with van der Waals surface area (Å²) in [5.74, 6) is 0.0421. The van der Waals surface area contributed by atoms with Gasteiger partial charge in [-0.05, 0) is 31.8 Å². The topological polar surface area (TPSA) is 41.1 Å². The van der Waals surface area contributed by atoms with Crippen molar-refractivity contribution in [1.29, 1.82) is 0 Å². The first-order valence-corrected chi connectivity index (χ1v) is 4.94. The van der Waals surface area contributed by atoms with E-state index in [2.05, 4.69) is 10.6 Å². The van der Waals surface area contributed by atoms with E-state index in [-0.39, 0.29) is 5.91 Å². The molecule has 0 radical (unpaired) electrons. The number of carbonyl (C=O) groups is 1. The molecule has 1 aliphatic heterocycles. The van der Waals surface area contributed by atoms with Crippen LogP contribution >= 0.6 is 0 Å². The molecule has 14 heavy (non-hydrogen) atoms. The zero-order chi connectivity index (χ0) is 10.4. The number of hydrogen-bond donors (Lipinski definition) is 2. The molecule has 0 spiro atoms. The Hall–Kier alpha value is -0.710. The minimum Gasteiger partial charge on any atom is -0.350 e. The fourth-order valence-corrected chi connectivity index (χ4v) is 1.62. The van der Waals surface area contributed by atoms with Gasteiger partial charge in [-0.25, -0.2) is 8.78 Å². The van der Waals surface area contributed by atoms with Crippen molar-refractivity contribution in [1.82, 2.24) is 10.6 Å². The molecule has 0 aromatic rings. The van der Waals surface area contributed by atoms with Crippen molar-refractivity contribution in [3.8, 4) is 0 Å². The number of carbonyl (C=O) groups excluding carboxylic acids is 1. The van der Waals surface area contributed by atoms with Crippen LogP contribution in [0.2, 0.25) is 0 Å².